The molecule has 0 spiro atoms. The third kappa shape index (κ3) is 2.43. The third-order valence-corrected chi connectivity index (χ3v) is 5.28. The summed E-state index contributed by atoms with van der Waals surface area (Å²) in [6.07, 6.45) is 4.61. The smallest absolute Gasteiger partial charge is 0.327 e. The summed E-state index contributed by atoms with van der Waals surface area (Å²) in [6, 6.07) is -0.837. The van der Waals surface area contributed by atoms with Crippen molar-refractivity contribution < 1.29 is 14.7 Å². The molecule has 100 valence electrons. The van der Waals surface area contributed by atoms with Gasteiger partial charge in [0, 0.05) is 12.3 Å². The Balaban J connectivity index is 1.65. The molecule has 1 saturated heterocycles. The van der Waals surface area contributed by atoms with Crippen molar-refractivity contribution in [3.8, 4) is 0 Å². The van der Waals surface area contributed by atoms with Crippen molar-refractivity contribution in [1.29, 1.82) is 0 Å². The van der Waals surface area contributed by atoms with Crippen LogP contribution in [0.15, 0.2) is 0 Å². The van der Waals surface area contributed by atoms with Gasteiger partial charge in [-0.05, 0) is 37.5 Å². The van der Waals surface area contributed by atoms with E-state index in [-0.39, 0.29) is 11.4 Å². The zero-order valence-electron chi connectivity index (χ0n) is 10.2. The quantitative estimate of drug-likeness (QED) is 0.809. The second-order valence-electron chi connectivity index (χ2n) is 5.45. The van der Waals surface area contributed by atoms with E-state index in [0.29, 0.717) is 24.1 Å². The molecule has 0 aromatic rings. The van der Waals surface area contributed by atoms with Crippen molar-refractivity contribution in [2.24, 2.45) is 11.8 Å². The van der Waals surface area contributed by atoms with E-state index in [0.717, 1.165) is 12.8 Å². The first-order valence-electron chi connectivity index (χ1n) is 6.57. The lowest BCUT2D eigenvalue weighted by Crippen LogP contribution is -2.51. The van der Waals surface area contributed by atoms with Crippen molar-refractivity contribution >= 4 is 23.8 Å². The largest absolute Gasteiger partial charge is 0.480 e. The molecule has 6 heteroatoms. The zero-order valence-corrected chi connectivity index (χ0v) is 11.0. The summed E-state index contributed by atoms with van der Waals surface area (Å²) in [5.41, 5.74) is 0. The van der Waals surface area contributed by atoms with Gasteiger partial charge >= 0.3 is 12.0 Å². The Labute approximate surface area is 110 Å². The van der Waals surface area contributed by atoms with E-state index < -0.39 is 12.0 Å². The number of carboxylic acid groups (broad SMARTS) is 1. The molecule has 18 heavy (non-hydrogen) atoms. The van der Waals surface area contributed by atoms with E-state index in [1.165, 1.54) is 12.8 Å². The van der Waals surface area contributed by atoms with Crippen LogP contribution in [0.25, 0.3) is 0 Å². The third-order valence-electron chi connectivity index (χ3n) is 3.82. The van der Waals surface area contributed by atoms with Crippen LogP contribution < -0.4 is 5.32 Å². The lowest BCUT2D eigenvalue weighted by atomic mass is 10.2. The predicted octanol–water partition coefficient (Wildman–Crippen LogP) is 1.34. The summed E-state index contributed by atoms with van der Waals surface area (Å²) in [5, 5.41) is 12.2. The number of hydrogen-bond acceptors (Lipinski definition) is 3. The fourth-order valence-corrected chi connectivity index (χ4v) is 3.99. The number of urea groups is 1. The monoisotopic (exact) mass is 270 g/mol. The van der Waals surface area contributed by atoms with E-state index in [1.54, 1.807) is 16.7 Å². The molecule has 5 nitrogen and oxygen atoms in total. The lowest BCUT2D eigenvalue weighted by Gasteiger charge is -2.27. The van der Waals surface area contributed by atoms with E-state index in [9.17, 15) is 14.7 Å². The maximum absolute atomic E-state index is 12.2. The number of nitrogens with one attached hydrogen (secondary N) is 1. The van der Waals surface area contributed by atoms with Gasteiger partial charge in [-0.15, -0.1) is 11.8 Å². The van der Waals surface area contributed by atoms with E-state index in [4.69, 9.17) is 0 Å². The number of carboxylic acids is 1. The molecule has 0 radical (unpaired) electrons. The average molecular weight is 270 g/mol. The van der Waals surface area contributed by atoms with Gasteiger partial charge in [0.2, 0.25) is 0 Å². The van der Waals surface area contributed by atoms with Crippen molar-refractivity contribution in [1.82, 2.24) is 10.2 Å². The van der Waals surface area contributed by atoms with Crippen LogP contribution in [0.5, 0.6) is 0 Å². The van der Waals surface area contributed by atoms with Crippen LogP contribution in [-0.4, -0.2) is 45.7 Å². The highest BCUT2D eigenvalue weighted by Crippen LogP contribution is 2.45. The number of nitrogens with zero attached hydrogens (tertiary/aromatic N) is 1. The predicted molar refractivity (Wildman–Crippen MR) is 68.4 cm³/mol. The summed E-state index contributed by atoms with van der Waals surface area (Å²) >= 11 is 1.62. The molecule has 1 heterocycles. The molecule has 3 fully saturated rings. The van der Waals surface area contributed by atoms with Gasteiger partial charge in [-0.2, -0.15) is 0 Å². The van der Waals surface area contributed by atoms with Gasteiger partial charge in [-0.1, -0.05) is 0 Å². The van der Waals surface area contributed by atoms with Gasteiger partial charge in [0.25, 0.3) is 0 Å². The van der Waals surface area contributed by atoms with E-state index >= 15 is 0 Å². The van der Waals surface area contributed by atoms with E-state index in [1.807, 2.05) is 0 Å². The van der Waals surface area contributed by atoms with Crippen LogP contribution in [-0.2, 0) is 4.79 Å². The van der Waals surface area contributed by atoms with Gasteiger partial charge in [-0.3, -0.25) is 4.90 Å². The van der Waals surface area contributed by atoms with Gasteiger partial charge in [0.1, 0.15) is 6.04 Å². The number of rotatable bonds is 4. The SMILES string of the molecule is O=C(O)C1CSC(C2CC2)N1C(=O)NCC1CC1. The maximum Gasteiger partial charge on any atom is 0.327 e. The minimum absolute atomic E-state index is 0.0744. The first-order valence-corrected chi connectivity index (χ1v) is 7.62. The number of carbonyl (C=O) groups is 2. The molecule has 1 aliphatic heterocycles. The molecular formula is C12H18N2O3S. The molecule has 2 atom stereocenters. The van der Waals surface area contributed by atoms with Crippen molar-refractivity contribution in [3.05, 3.63) is 0 Å². The number of aliphatic carboxylic acids is 1. The first-order chi connectivity index (χ1) is 8.66. The van der Waals surface area contributed by atoms with Gasteiger partial charge in [-0.25, -0.2) is 9.59 Å². The minimum atomic E-state index is -0.882. The highest BCUT2D eigenvalue weighted by atomic mass is 32.2. The summed E-state index contributed by atoms with van der Waals surface area (Å²) in [7, 11) is 0. The summed E-state index contributed by atoms with van der Waals surface area (Å²) in [4.78, 5) is 25.0. The van der Waals surface area contributed by atoms with Crippen LogP contribution in [0.3, 0.4) is 0 Å². The van der Waals surface area contributed by atoms with Crippen molar-refractivity contribution in [2.45, 2.75) is 37.1 Å². The molecule has 3 rings (SSSR count). The highest BCUT2D eigenvalue weighted by molar-refractivity contribution is 8.00. The molecule has 2 N–H and O–H groups in total. The fraction of sp³-hybridized carbons (Fsp3) is 0.833. The van der Waals surface area contributed by atoms with Crippen LogP contribution in [0.2, 0.25) is 0 Å². The molecule has 3 aliphatic rings. The Morgan fingerprint density at radius 1 is 1.28 bits per heavy atom. The van der Waals surface area contributed by atoms with Crippen molar-refractivity contribution in [3.63, 3.8) is 0 Å². The Hall–Kier alpha value is -0.910. The molecule has 0 aromatic carbocycles. The minimum Gasteiger partial charge on any atom is -0.480 e. The standard InChI is InChI=1S/C12H18N2O3S/c15-11(16)9-6-18-10(8-3-4-8)14(9)12(17)13-5-7-1-2-7/h7-10H,1-6H2,(H,13,17)(H,15,16). The van der Waals surface area contributed by atoms with Crippen LogP contribution in [0, 0.1) is 11.8 Å². The fourth-order valence-electron chi connectivity index (χ4n) is 2.36. The lowest BCUT2D eigenvalue weighted by molar-refractivity contribution is -0.141. The van der Waals surface area contributed by atoms with Gasteiger partial charge in [0.05, 0.1) is 5.37 Å². The number of thioether (sulfide) groups is 1. The molecule has 0 aromatic heterocycles. The normalized spacial score (nSPS) is 31.4. The molecule has 2 amide bonds. The van der Waals surface area contributed by atoms with Gasteiger partial charge < -0.3 is 10.4 Å². The summed E-state index contributed by atoms with van der Waals surface area (Å²) < 4.78 is 0. The van der Waals surface area contributed by atoms with E-state index in [2.05, 4.69) is 5.32 Å². The van der Waals surface area contributed by atoms with Crippen LogP contribution in [0.1, 0.15) is 25.7 Å². The molecule has 2 saturated carbocycles. The first kappa shape index (κ1) is 12.1. The Bertz CT molecular complexity index is 368. The Morgan fingerprint density at radius 3 is 2.56 bits per heavy atom. The topological polar surface area (TPSA) is 69.6 Å². The Kier molecular flexibility index (Phi) is 3.13. The van der Waals surface area contributed by atoms with Crippen LogP contribution >= 0.6 is 11.8 Å². The van der Waals surface area contributed by atoms with Crippen molar-refractivity contribution in [2.75, 3.05) is 12.3 Å². The number of amides is 2. The second-order valence-corrected chi connectivity index (χ2v) is 6.60. The number of hydrogen-bond donors (Lipinski definition) is 2. The highest BCUT2D eigenvalue weighted by Gasteiger charge is 2.48. The maximum atomic E-state index is 12.2. The number of carbonyl (C=O) groups excluding carboxylic acids is 1. The molecule has 2 unspecified atom stereocenters. The second kappa shape index (κ2) is 4.64. The molecule has 0 bridgehead atoms. The summed E-state index contributed by atoms with van der Waals surface area (Å²) in [6.45, 7) is 0.698. The summed E-state index contributed by atoms with van der Waals surface area (Å²) in [5.74, 6) is 0.762. The van der Waals surface area contributed by atoms with Crippen LogP contribution in [0.4, 0.5) is 4.79 Å². The van der Waals surface area contributed by atoms with Gasteiger partial charge in [0.15, 0.2) is 0 Å². The zero-order chi connectivity index (χ0) is 12.7. The Morgan fingerprint density at radius 2 is 2.00 bits per heavy atom. The molecule has 2 aliphatic carbocycles. The average Bonchev–Trinajstić information content (AvgIpc) is 3.24. The molecular weight excluding hydrogens is 252 g/mol.